The Bertz CT molecular complexity index is 194. The van der Waals surface area contributed by atoms with Gasteiger partial charge in [0.05, 0.1) is 0 Å². The average molecular weight is 186 g/mol. The number of likely N-dealkylation sites (tertiary alicyclic amines) is 1. The molecule has 76 valence electrons. The number of carbonyl (C=O) groups is 1. The lowest BCUT2D eigenvalue weighted by molar-refractivity contribution is -0.144. The van der Waals surface area contributed by atoms with Crippen molar-refractivity contribution < 1.29 is 9.90 Å². The summed E-state index contributed by atoms with van der Waals surface area (Å²) in [5.41, 5.74) is 0. The minimum atomic E-state index is -0.695. The molecule has 2 unspecified atom stereocenters. The molecule has 1 heterocycles. The van der Waals surface area contributed by atoms with Gasteiger partial charge in [-0.2, -0.15) is 0 Å². The van der Waals surface area contributed by atoms with E-state index in [0.29, 0.717) is 6.04 Å². The maximum atomic E-state index is 10.8. The quantitative estimate of drug-likeness (QED) is 0.664. The molecule has 0 radical (unpaired) electrons. The molecule has 1 fully saturated rings. The van der Waals surface area contributed by atoms with Crippen molar-refractivity contribution in [3.05, 3.63) is 0 Å². The van der Waals surface area contributed by atoms with Crippen LogP contribution in [0.3, 0.4) is 0 Å². The summed E-state index contributed by atoms with van der Waals surface area (Å²) < 4.78 is 0. The van der Waals surface area contributed by atoms with Gasteiger partial charge in [-0.1, -0.05) is 0 Å². The number of carboxylic acids is 1. The fourth-order valence-electron chi connectivity index (χ4n) is 1.86. The number of carboxylic acid groups (broad SMARTS) is 1. The zero-order chi connectivity index (χ0) is 10.0. The number of hydrogen-bond acceptors (Lipinski definition) is 3. The summed E-state index contributed by atoms with van der Waals surface area (Å²) in [7, 11) is 5.97. The molecule has 0 saturated carbocycles. The van der Waals surface area contributed by atoms with Crippen LogP contribution < -0.4 is 0 Å². The van der Waals surface area contributed by atoms with Gasteiger partial charge in [0.1, 0.15) is 6.04 Å². The summed E-state index contributed by atoms with van der Waals surface area (Å²) in [6.45, 7) is 0.851. The van der Waals surface area contributed by atoms with Crippen LogP contribution in [0.15, 0.2) is 0 Å². The second-order valence-corrected chi connectivity index (χ2v) is 3.99. The van der Waals surface area contributed by atoms with Gasteiger partial charge < -0.3 is 10.0 Å². The van der Waals surface area contributed by atoms with Gasteiger partial charge in [-0.05, 0) is 34.0 Å². The van der Waals surface area contributed by atoms with Crippen molar-refractivity contribution in [2.75, 3.05) is 27.7 Å². The van der Waals surface area contributed by atoms with Gasteiger partial charge in [-0.25, -0.2) is 0 Å². The molecule has 4 heteroatoms. The number of hydrogen-bond donors (Lipinski definition) is 1. The molecule has 0 aromatic rings. The van der Waals surface area contributed by atoms with Crippen molar-refractivity contribution in [3.8, 4) is 0 Å². The van der Waals surface area contributed by atoms with Gasteiger partial charge in [-0.3, -0.25) is 9.69 Å². The maximum absolute atomic E-state index is 10.8. The van der Waals surface area contributed by atoms with Crippen molar-refractivity contribution in [3.63, 3.8) is 0 Å². The molecule has 1 N–H and O–H groups in total. The third-order valence-corrected chi connectivity index (χ3v) is 2.82. The van der Waals surface area contributed by atoms with Crippen molar-refractivity contribution >= 4 is 5.97 Å². The van der Waals surface area contributed by atoms with E-state index < -0.39 is 5.97 Å². The minimum absolute atomic E-state index is 0.281. The molecule has 0 bridgehead atoms. The SMILES string of the molecule is CN(C)C1CCC(C(=O)O)N(C)C1. The summed E-state index contributed by atoms with van der Waals surface area (Å²) >= 11 is 0. The first-order valence-electron chi connectivity index (χ1n) is 4.62. The third-order valence-electron chi connectivity index (χ3n) is 2.82. The Balaban J connectivity index is 2.51. The molecule has 1 saturated heterocycles. The van der Waals surface area contributed by atoms with E-state index in [4.69, 9.17) is 5.11 Å². The van der Waals surface area contributed by atoms with E-state index in [9.17, 15) is 4.79 Å². The van der Waals surface area contributed by atoms with Crippen LogP contribution in [0.4, 0.5) is 0 Å². The first kappa shape index (κ1) is 10.5. The average Bonchev–Trinajstić information content (AvgIpc) is 2.03. The fourth-order valence-corrected chi connectivity index (χ4v) is 1.86. The Kier molecular flexibility index (Phi) is 3.27. The zero-order valence-electron chi connectivity index (χ0n) is 8.53. The maximum Gasteiger partial charge on any atom is 0.320 e. The van der Waals surface area contributed by atoms with Crippen LogP contribution in [0.25, 0.3) is 0 Å². The Labute approximate surface area is 79.1 Å². The zero-order valence-corrected chi connectivity index (χ0v) is 8.53. The Morgan fingerprint density at radius 1 is 1.46 bits per heavy atom. The molecular weight excluding hydrogens is 168 g/mol. The van der Waals surface area contributed by atoms with Gasteiger partial charge in [0.25, 0.3) is 0 Å². The second-order valence-electron chi connectivity index (χ2n) is 3.99. The summed E-state index contributed by atoms with van der Waals surface area (Å²) in [6, 6.07) is 0.219. The van der Waals surface area contributed by atoms with Gasteiger partial charge >= 0.3 is 5.97 Å². The summed E-state index contributed by atoms with van der Waals surface area (Å²) in [4.78, 5) is 14.9. The third kappa shape index (κ3) is 2.42. The first-order valence-corrected chi connectivity index (χ1v) is 4.62. The summed E-state index contributed by atoms with van der Waals surface area (Å²) in [6.07, 6.45) is 1.74. The lowest BCUT2D eigenvalue weighted by Gasteiger charge is -2.37. The van der Waals surface area contributed by atoms with Gasteiger partial charge in [0, 0.05) is 12.6 Å². The summed E-state index contributed by atoms with van der Waals surface area (Å²) in [5, 5.41) is 8.88. The highest BCUT2D eigenvalue weighted by atomic mass is 16.4. The smallest absolute Gasteiger partial charge is 0.320 e. The lowest BCUT2D eigenvalue weighted by atomic mass is 9.98. The van der Waals surface area contributed by atoms with Crippen molar-refractivity contribution in [2.45, 2.75) is 24.9 Å². The summed E-state index contributed by atoms with van der Waals surface area (Å²) in [5.74, 6) is -0.695. The molecule has 0 aromatic carbocycles. The molecule has 2 atom stereocenters. The normalized spacial score (nSPS) is 30.8. The Morgan fingerprint density at radius 3 is 2.46 bits per heavy atom. The van der Waals surface area contributed by atoms with Crippen LogP contribution in [0.1, 0.15) is 12.8 Å². The molecule has 1 aliphatic heterocycles. The van der Waals surface area contributed by atoms with Crippen LogP contribution in [0, 0.1) is 0 Å². The van der Waals surface area contributed by atoms with Gasteiger partial charge in [0.2, 0.25) is 0 Å². The largest absolute Gasteiger partial charge is 0.480 e. The van der Waals surface area contributed by atoms with E-state index in [2.05, 4.69) is 4.90 Å². The molecule has 1 aliphatic rings. The molecule has 0 amide bonds. The Hall–Kier alpha value is -0.610. The predicted molar refractivity (Wildman–Crippen MR) is 50.8 cm³/mol. The number of rotatable bonds is 2. The van der Waals surface area contributed by atoms with Crippen LogP contribution in [0.5, 0.6) is 0 Å². The monoisotopic (exact) mass is 186 g/mol. The van der Waals surface area contributed by atoms with Gasteiger partial charge in [-0.15, -0.1) is 0 Å². The van der Waals surface area contributed by atoms with Crippen molar-refractivity contribution in [1.29, 1.82) is 0 Å². The molecule has 0 spiro atoms. The molecule has 13 heavy (non-hydrogen) atoms. The molecule has 0 aliphatic carbocycles. The molecule has 1 rings (SSSR count). The van der Waals surface area contributed by atoms with Crippen LogP contribution >= 0.6 is 0 Å². The van der Waals surface area contributed by atoms with Crippen LogP contribution in [-0.4, -0.2) is 60.6 Å². The fraction of sp³-hybridized carbons (Fsp3) is 0.889. The van der Waals surface area contributed by atoms with E-state index >= 15 is 0 Å². The highest BCUT2D eigenvalue weighted by molar-refractivity contribution is 5.73. The highest BCUT2D eigenvalue weighted by Gasteiger charge is 2.30. The molecule has 0 aromatic heterocycles. The van der Waals surface area contributed by atoms with Crippen LogP contribution in [-0.2, 0) is 4.79 Å². The number of aliphatic carboxylic acids is 1. The Morgan fingerprint density at radius 2 is 2.08 bits per heavy atom. The topological polar surface area (TPSA) is 43.8 Å². The standard InChI is InChI=1S/C9H18N2O2/c1-10(2)7-4-5-8(9(12)13)11(3)6-7/h7-8H,4-6H2,1-3H3,(H,12,13). The van der Waals surface area contributed by atoms with Crippen LogP contribution in [0.2, 0.25) is 0 Å². The van der Waals surface area contributed by atoms with Crippen molar-refractivity contribution in [1.82, 2.24) is 9.80 Å². The van der Waals surface area contributed by atoms with Gasteiger partial charge in [0.15, 0.2) is 0 Å². The second kappa shape index (κ2) is 4.07. The lowest BCUT2D eigenvalue weighted by Crippen LogP contribution is -2.51. The van der Waals surface area contributed by atoms with E-state index in [1.54, 1.807) is 0 Å². The van der Waals surface area contributed by atoms with E-state index in [1.165, 1.54) is 0 Å². The molecular formula is C9H18N2O2. The number of piperidine rings is 1. The number of nitrogens with zero attached hydrogens (tertiary/aromatic N) is 2. The van der Waals surface area contributed by atoms with E-state index in [-0.39, 0.29) is 6.04 Å². The van der Waals surface area contributed by atoms with Crippen molar-refractivity contribution in [2.24, 2.45) is 0 Å². The van der Waals surface area contributed by atoms with E-state index in [0.717, 1.165) is 19.4 Å². The first-order chi connectivity index (χ1) is 6.02. The number of likely N-dealkylation sites (N-methyl/N-ethyl adjacent to an activating group) is 2. The molecule has 4 nitrogen and oxygen atoms in total. The minimum Gasteiger partial charge on any atom is -0.480 e. The van der Waals surface area contributed by atoms with E-state index in [1.807, 2.05) is 26.0 Å². The highest BCUT2D eigenvalue weighted by Crippen LogP contribution is 2.18. The predicted octanol–water partition coefficient (Wildman–Crippen LogP) is 0.0954.